The quantitative estimate of drug-likeness (QED) is 0.870. The molecule has 0 radical (unpaired) electrons. The topological polar surface area (TPSA) is 75.4 Å². The third-order valence-electron chi connectivity index (χ3n) is 3.28. The second-order valence-corrected chi connectivity index (χ2v) is 4.83. The van der Waals surface area contributed by atoms with E-state index < -0.39 is 5.91 Å². The van der Waals surface area contributed by atoms with Crippen LogP contribution < -0.4 is 16.0 Å². The Hall–Kier alpha value is -2.04. The molecule has 0 bridgehead atoms. The summed E-state index contributed by atoms with van der Waals surface area (Å²) >= 11 is 0. The summed E-state index contributed by atoms with van der Waals surface area (Å²) in [5, 5.41) is 2.66. The standard InChI is InChI=1S/C14H19N3O2/c1-10(18)16-11-5-6-13(12(9-11)14(15)19)17-7-3-2-4-8-17/h5-6,9H,2-4,7-8H2,1H3,(H2,15,19)(H,16,18). The van der Waals surface area contributed by atoms with Crippen LogP contribution in [-0.4, -0.2) is 24.9 Å². The van der Waals surface area contributed by atoms with Crippen molar-refractivity contribution < 1.29 is 9.59 Å². The van der Waals surface area contributed by atoms with Gasteiger partial charge in [-0.3, -0.25) is 9.59 Å². The highest BCUT2D eigenvalue weighted by Crippen LogP contribution is 2.26. The van der Waals surface area contributed by atoms with Gasteiger partial charge in [-0.1, -0.05) is 0 Å². The van der Waals surface area contributed by atoms with E-state index in [1.165, 1.54) is 13.3 Å². The summed E-state index contributed by atoms with van der Waals surface area (Å²) < 4.78 is 0. The Morgan fingerprint density at radius 1 is 1.21 bits per heavy atom. The van der Waals surface area contributed by atoms with E-state index in [0.29, 0.717) is 11.3 Å². The van der Waals surface area contributed by atoms with Gasteiger partial charge in [0.1, 0.15) is 0 Å². The zero-order valence-electron chi connectivity index (χ0n) is 11.1. The molecule has 2 amide bonds. The monoisotopic (exact) mass is 261 g/mol. The van der Waals surface area contributed by atoms with Crippen LogP contribution in [0.15, 0.2) is 18.2 Å². The minimum Gasteiger partial charge on any atom is -0.371 e. The average molecular weight is 261 g/mol. The van der Waals surface area contributed by atoms with E-state index in [9.17, 15) is 9.59 Å². The lowest BCUT2D eigenvalue weighted by atomic mass is 10.1. The largest absolute Gasteiger partial charge is 0.371 e. The second-order valence-electron chi connectivity index (χ2n) is 4.83. The van der Waals surface area contributed by atoms with Crippen molar-refractivity contribution in [3.8, 4) is 0 Å². The number of anilines is 2. The molecule has 0 unspecified atom stereocenters. The first kappa shape index (κ1) is 13.4. The lowest BCUT2D eigenvalue weighted by Gasteiger charge is -2.30. The van der Waals surface area contributed by atoms with Crippen molar-refractivity contribution in [1.82, 2.24) is 0 Å². The van der Waals surface area contributed by atoms with E-state index in [4.69, 9.17) is 5.73 Å². The van der Waals surface area contributed by atoms with Crippen molar-refractivity contribution >= 4 is 23.2 Å². The maximum Gasteiger partial charge on any atom is 0.250 e. The smallest absolute Gasteiger partial charge is 0.250 e. The van der Waals surface area contributed by atoms with Gasteiger partial charge >= 0.3 is 0 Å². The van der Waals surface area contributed by atoms with Crippen LogP contribution in [0.2, 0.25) is 0 Å². The Balaban J connectivity index is 2.31. The van der Waals surface area contributed by atoms with E-state index in [1.807, 2.05) is 6.07 Å². The summed E-state index contributed by atoms with van der Waals surface area (Å²) in [5.41, 5.74) is 7.37. The Bertz CT molecular complexity index is 493. The molecular formula is C14H19N3O2. The molecule has 5 nitrogen and oxygen atoms in total. The van der Waals surface area contributed by atoms with Gasteiger partial charge in [0.05, 0.1) is 5.56 Å². The molecule has 0 aromatic heterocycles. The number of rotatable bonds is 3. The minimum absolute atomic E-state index is 0.166. The van der Waals surface area contributed by atoms with Gasteiger partial charge in [0.2, 0.25) is 5.91 Å². The third-order valence-corrected chi connectivity index (χ3v) is 3.28. The van der Waals surface area contributed by atoms with Gasteiger partial charge < -0.3 is 16.0 Å². The van der Waals surface area contributed by atoms with Crippen LogP contribution in [0.5, 0.6) is 0 Å². The number of amides is 2. The summed E-state index contributed by atoms with van der Waals surface area (Å²) in [5.74, 6) is -0.631. The minimum atomic E-state index is -0.465. The summed E-state index contributed by atoms with van der Waals surface area (Å²) in [7, 11) is 0. The fourth-order valence-electron chi connectivity index (χ4n) is 2.42. The fourth-order valence-corrected chi connectivity index (χ4v) is 2.42. The third kappa shape index (κ3) is 3.24. The number of piperidine rings is 1. The number of nitrogens with two attached hydrogens (primary N) is 1. The normalized spacial score (nSPS) is 15.1. The molecule has 5 heteroatoms. The zero-order chi connectivity index (χ0) is 13.8. The van der Waals surface area contributed by atoms with Crippen LogP contribution in [-0.2, 0) is 4.79 Å². The number of hydrogen-bond acceptors (Lipinski definition) is 3. The average Bonchev–Trinajstić information content (AvgIpc) is 2.39. The molecule has 1 heterocycles. The predicted octanol–water partition coefficient (Wildman–Crippen LogP) is 1.73. The van der Waals surface area contributed by atoms with Crippen LogP contribution in [0.3, 0.4) is 0 Å². The first-order valence-corrected chi connectivity index (χ1v) is 6.54. The molecule has 102 valence electrons. The van der Waals surface area contributed by atoms with Gasteiger partial charge in [-0.15, -0.1) is 0 Å². The van der Waals surface area contributed by atoms with Crippen molar-refractivity contribution in [3.63, 3.8) is 0 Å². The molecule has 1 fully saturated rings. The van der Waals surface area contributed by atoms with Gasteiger partial charge in [0.15, 0.2) is 0 Å². The van der Waals surface area contributed by atoms with E-state index in [-0.39, 0.29) is 5.91 Å². The van der Waals surface area contributed by atoms with E-state index in [2.05, 4.69) is 10.2 Å². The van der Waals surface area contributed by atoms with Crippen LogP contribution in [0.1, 0.15) is 36.5 Å². The van der Waals surface area contributed by atoms with Gasteiger partial charge in [0.25, 0.3) is 5.91 Å². The highest BCUT2D eigenvalue weighted by molar-refractivity contribution is 6.01. The first-order chi connectivity index (χ1) is 9.08. The molecule has 0 spiro atoms. The molecule has 1 saturated heterocycles. The predicted molar refractivity (Wildman–Crippen MR) is 75.3 cm³/mol. The lowest BCUT2D eigenvalue weighted by molar-refractivity contribution is -0.114. The number of primary amides is 1. The van der Waals surface area contributed by atoms with Gasteiger partial charge in [-0.25, -0.2) is 0 Å². The number of carbonyl (C=O) groups excluding carboxylic acids is 2. The van der Waals surface area contributed by atoms with E-state index >= 15 is 0 Å². The number of nitrogens with zero attached hydrogens (tertiary/aromatic N) is 1. The van der Waals surface area contributed by atoms with Crippen LogP contribution in [0.25, 0.3) is 0 Å². The molecule has 19 heavy (non-hydrogen) atoms. The molecule has 1 aliphatic heterocycles. The molecule has 1 aromatic carbocycles. The number of nitrogens with one attached hydrogen (secondary N) is 1. The van der Waals surface area contributed by atoms with Gasteiger partial charge in [0, 0.05) is 31.4 Å². The summed E-state index contributed by atoms with van der Waals surface area (Å²) in [6.45, 7) is 3.32. The molecule has 3 N–H and O–H groups in total. The van der Waals surface area contributed by atoms with Crippen molar-refractivity contribution in [2.75, 3.05) is 23.3 Å². The summed E-state index contributed by atoms with van der Waals surface area (Å²) in [6.07, 6.45) is 3.49. The van der Waals surface area contributed by atoms with Crippen LogP contribution in [0, 0.1) is 0 Å². The molecule has 0 atom stereocenters. The highest BCUT2D eigenvalue weighted by atomic mass is 16.1. The maximum absolute atomic E-state index is 11.6. The van der Waals surface area contributed by atoms with Gasteiger partial charge in [-0.05, 0) is 37.5 Å². The maximum atomic E-state index is 11.6. The van der Waals surface area contributed by atoms with E-state index in [0.717, 1.165) is 31.6 Å². The SMILES string of the molecule is CC(=O)Nc1ccc(N2CCCCC2)c(C(N)=O)c1. The van der Waals surface area contributed by atoms with Crippen molar-refractivity contribution in [2.24, 2.45) is 5.73 Å². The Labute approximate surface area is 112 Å². The zero-order valence-corrected chi connectivity index (χ0v) is 11.1. The van der Waals surface area contributed by atoms with Gasteiger partial charge in [-0.2, -0.15) is 0 Å². The van der Waals surface area contributed by atoms with Crippen LogP contribution >= 0.6 is 0 Å². The van der Waals surface area contributed by atoms with E-state index in [1.54, 1.807) is 12.1 Å². The lowest BCUT2D eigenvalue weighted by Crippen LogP contribution is -2.31. The van der Waals surface area contributed by atoms with Crippen molar-refractivity contribution in [3.05, 3.63) is 23.8 Å². The summed E-state index contributed by atoms with van der Waals surface area (Å²) in [6, 6.07) is 5.31. The summed E-state index contributed by atoms with van der Waals surface area (Å²) in [4.78, 5) is 24.8. The number of hydrogen-bond donors (Lipinski definition) is 2. The Morgan fingerprint density at radius 2 is 1.89 bits per heavy atom. The molecular weight excluding hydrogens is 242 g/mol. The number of benzene rings is 1. The molecule has 1 aliphatic rings. The molecule has 0 aliphatic carbocycles. The Kier molecular flexibility index (Phi) is 4.04. The fraction of sp³-hybridized carbons (Fsp3) is 0.429. The molecule has 1 aromatic rings. The Morgan fingerprint density at radius 3 is 2.47 bits per heavy atom. The first-order valence-electron chi connectivity index (χ1n) is 6.54. The second kappa shape index (κ2) is 5.73. The molecule has 2 rings (SSSR count). The van der Waals surface area contributed by atoms with Crippen molar-refractivity contribution in [2.45, 2.75) is 26.2 Å². The molecule has 0 saturated carbocycles. The van der Waals surface area contributed by atoms with Crippen LogP contribution in [0.4, 0.5) is 11.4 Å². The van der Waals surface area contributed by atoms with Crippen molar-refractivity contribution in [1.29, 1.82) is 0 Å². The highest BCUT2D eigenvalue weighted by Gasteiger charge is 2.17. The number of carbonyl (C=O) groups is 2.